The van der Waals surface area contributed by atoms with E-state index in [1.165, 1.54) is 7.11 Å². The van der Waals surface area contributed by atoms with Crippen LogP contribution >= 0.6 is 0 Å². The average molecular weight is 707 g/mol. The number of para-hydroxylation sites is 1. The molecule has 50 heavy (non-hydrogen) atoms. The first-order valence-electron chi connectivity index (χ1n) is 17.5. The van der Waals surface area contributed by atoms with Gasteiger partial charge in [-0.3, -0.25) is 19.2 Å². The lowest BCUT2D eigenvalue weighted by molar-refractivity contribution is -0.150. The predicted octanol–water partition coefficient (Wildman–Crippen LogP) is 5.19. The molecule has 4 heterocycles. The second-order valence-electron chi connectivity index (χ2n) is 14.3. The molecule has 13 heteroatoms. The number of aromatic amines is 1. The summed E-state index contributed by atoms with van der Waals surface area (Å²) in [5.41, 5.74) is 1.12. The molecule has 3 aliphatic heterocycles. The molecule has 11 nitrogen and oxygen atoms in total. The number of hydrogen-bond donors (Lipinski definition) is 3. The molecule has 0 radical (unpaired) electrons. The van der Waals surface area contributed by atoms with E-state index < -0.39 is 31.6 Å². The van der Waals surface area contributed by atoms with E-state index in [2.05, 4.69) is 10.3 Å². The Labute approximate surface area is 292 Å². The fourth-order valence-electron chi connectivity index (χ4n) is 8.49. The molecule has 0 unspecified atom stereocenters. The van der Waals surface area contributed by atoms with Gasteiger partial charge in [-0.25, -0.2) is 0 Å². The van der Waals surface area contributed by atoms with Gasteiger partial charge in [-0.15, -0.1) is 0 Å². The molecular formula is C37H47FN4O7Si. The van der Waals surface area contributed by atoms with Gasteiger partial charge in [0.2, 0.25) is 20.2 Å². The topological polar surface area (TPSA) is 141 Å². The molecule has 6 rings (SSSR count). The van der Waals surface area contributed by atoms with Crippen molar-refractivity contribution in [2.45, 2.75) is 88.3 Å². The van der Waals surface area contributed by atoms with Crippen molar-refractivity contribution in [3.05, 3.63) is 59.8 Å². The highest BCUT2D eigenvalue weighted by molar-refractivity contribution is 6.72. The van der Waals surface area contributed by atoms with Crippen LogP contribution < -0.4 is 10.2 Å². The SMILES string of the molecule is COC(=O)CCCCN1C(=O)[C@@]2(O[C@@H](CC(=O)N3CCC[C@H]3CO)[C@H]([Si](C)(C)F)[C@H]2C)c2cc(NC(=O)Cc3c[nH]c4ccccc34)ccc21. The lowest BCUT2D eigenvalue weighted by Gasteiger charge is -2.31. The van der Waals surface area contributed by atoms with Gasteiger partial charge in [-0.1, -0.05) is 25.1 Å². The first-order chi connectivity index (χ1) is 23.9. The summed E-state index contributed by atoms with van der Waals surface area (Å²) in [7, 11) is -2.20. The number of aromatic nitrogens is 1. The number of H-pyrrole nitrogens is 1. The lowest BCUT2D eigenvalue weighted by Crippen LogP contribution is -2.45. The van der Waals surface area contributed by atoms with Gasteiger partial charge in [0.05, 0.1) is 44.4 Å². The van der Waals surface area contributed by atoms with Crippen LogP contribution in [0, 0.1) is 5.92 Å². The lowest BCUT2D eigenvalue weighted by atomic mass is 9.82. The first kappa shape index (κ1) is 35.7. The second-order valence-corrected chi connectivity index (χ2v) is 18.1. The number of amides is 3. The Morgan fingerprint density at radius 3 is 2.70 bits per heavy atom. The first-order valence-corrected chi connectivity index (χ1v) is 20.5. The summed E-state index contributed by atoms with van der Waals surface area (Å²) < 4.78 is 27.9. The number of halogens is 1. The monoisotopic (exact) mass is 706 g/mol. The zero-order valence-electron chi connectivity index (χ0n) is 29.2. The third kappa shape index (κ3) is 6.58. The van der Waals surface area contributed by atoms with Crippen LogP contribution in [0.4, 0.5) is 15.5 Å². The van der Waals surface area contributed by atoms with Gasteiger partial charge in [-0.2, -0.15) is 0 Å². The Kier molecular flexibility index (Phi) is 10.2. The molecule has 2 saturated heterocycles. The quantitative estimate of drug-likeness (QED) is 0.102. The highest BCUT2D eigenvalue weighted by Gasteiger charge is 2.67. The van der Waals surface area contributed by atoms with Gasteiger partial charge in [0, 0.05) is 59.3 Å². The number of nitrogens with zero attached hydrogens (tertiary/aromatic N) is 2. The number of rotatable bonds is 12. The number of unbranched alkanes of at least 4 members (excludes halogenated alkanes) is 1. The summed E-state index contributed by atoms with van der Waals surface area (Å²) >= 11 is 0. The third-order valence-electron chi connectivity index (χ3n) is 10.8. The van der Waals surface area contributed by atoms with Crippen molar-refractivity contribution in [2.24, 2.45) is 5.92 Å². The highest BCUT2D eigenvalue weighted by Crippen LogP contribution is 2.60. The molecule has 3 amide bonds. The Balaban J connectivity index is 1.32. The zero-order chi connectivity index (χ0) is 35.8. The molecular weight excluding hydrogens is 660 g/mol. The van der Waals surface area contributed by atoms with E-state index in [0.717, 1.165) is 22.9 Å². The number of likely N-dealkylation sites (tertiary alicyclic amines) is 1. The number of aliphatic hydroxyl groups is 1. The number of hydrogen-bond acceptors (Lipinski definition) is 7. The average Bonchev–Trinajstić information content (AvgIpc) is 3.84. The summed E-state index contributed by atoms with van der Waals surface area (Å²) in [6.07, 6.45) is 3.70. The van der Waals surface area contributed by atoms with Gasteiger partial charge in [0.15, 0.2) is 5.60 Å². The van der Waals surface area contributed by atoms with Crippen molar-refractivity contribution in [3.63, 3.8) is 0 Å². The number of ether oxygens (including phenoxy) is 2. The molecule has 268 valence electrons. The number of carbonyl (C=O) groups excluding carboxylic acids is 4. The number of nitrogens with one attached hydrogen (secondary N) is 2. The Morgan fingerprint density at radius 2 is 1.96 bits per heavy atom. The fourth-order valence-corrected chi connectivity index (χ4v) is 11.0. The third-order valence-corrected chi connectivity index (χ3v) is 13.3. The van der Waals surface area contributed by atoms with Crippen LogP contribution in [0.3, 0.4) is 0 Å². The Bertz CT molecular complexity index is 1780. The maximum Gasteiger partial charge on any atom is 0.305 e. The molecule has 0 bridgehead atoms. The minimum Gasteiger partial charge on any atom is -0.469 e. The van der Waals surface area contributed by atoms with Gasteiger partial charge in [-0.05, 0) is 68.6 Å². The number of methoxy groups -OCH3 is 1. The zero-order valence-corrected chi connectivity index (χ0v) is 30.2. The van der Waals surface area contributed by atoms with E-state index in [4.69, 9.17) is 9.47 Å². The fraction of sp³-hybridized carbons (Fsp3) is 0.514. The van der Waals surface area contributed by atoms with Gasteiger partial charge in [0.1, 0.15) is 0 Å². The molecule has 2 aromatic carbocycles. The van der Waals surface area contributed by atoms with Crippen molar-refractivity contribution in [3.8, 4) is 0 Å². The van der Waals surface area contributed by atoms with Crippen molar-refractivity contribution in [1.29, 1.82) is 0 Å². The summed E-state index contributed by atoms with van der Waals surface area (Å²) in [5, 5.41) is 13.8. The van der Waals surface area contributed by atoms with E-state index >= 15 is 4.11 Å². The van der Waals surface area contributed by atoms with Gasteiger partial charge < -0.3 is 38.8 Å². The van der Waals surface area contributed by atoms with Crippen LogP contribution in [-0.2, 0) is 40.7 Å². The van der Waals surface area contributed by atoms with Gasteiger partial charge in [0.25, 0.3) is 5.91 Å². The summed E-state index contributed by atoms with van der Waals surface area (Å²) in [6.45, 7) is 5.68. The van der Waals surface area contributed by atoms with Crippen LogP contribution in [0.2, 0.25) is 18.6 Å². The number of benzene rings is 2. The maximum atomic E-state index is 16.4. The molecule has 0 saturated carbocycles. The summed E-state index contributed by atoms with van der Waals surface area (Å²) in [6, 6.07) is 12.7. The molecule has 5 atom stereocenters. The van der Waals surface area contributed by atoms with Crippen molar-refractivity contribution < 1.29 is 37.9 Å². The summed E-state index contributed by atoms with van der Waals surface area (Å²) in [4.78, 5) is 59.9. The van der Waals surface area contributed by atoms with Crippen LogP contribution in [0.25, 0.3) is 10.9 Å². The van der Waals surface area contributed by atoms with E-state index in [0.29, 0.717) is 49.3 Å². The highest BCUT2D eigenvalue weighted by atomic mass is 28.4. The minimum absolute atomic E-state index is 0.101. The van der Waals surface area contributed by atoms with Crippen LogP contribution in [-0.4, -0.2) is 86.0 Å². The number of carbonyl (C=O) groups is 4. The maximum absolute atomic E-state index is 16.4. The standard InChI is InChI=1S/C37H47FN4O7Si/c1-23-35(50(3,4)38)31(20-33(45)41-17-9-10-26(41)22-43)49-37(23)28-19-25(40-32(44)18-24-21-39-29-12-6-5-11-27(24)29)14-15-30(28)42(36(37)47)16-8-7-13-34(46)48-2/h5-6,11-12,14-15,19,21,23,26,31,35,39,43H,7-10,13,16-18,20,22H2,1-4H3,(H,40,44)/t23-,26+,31+,35-,37+/m1/s1. The van der Waals surface area contributed by atoms with Crippen LogP contribution in [0.1, 0.15) is 56.6 Å². The minimum atomic E-state index is -3.54. The molecule has 1 spiro atoms. The smallest absolute Gasteiger partial charge is 0.305 e. The summed E-state index contributed by atoms with van der Waals surface area (Å²) in [5.74, 6) is -1.75. The van der Waals surface area contributed by atoms with Gasteiger partial charge >= 0.3 is 5.97 Å². The van der Waals surface area contributed by atoms with Crippen molar-refractivity contribution in [2.75, 3.05) is 37.0 Å². The Hall–Kier alpha value is -4.07. The van der Waals surface area contributed by atoms with E-state index in [-0.39, 0.29) is 55.6 Å². The number of anilines is 2. The largest absolute Gasteiger partial charge is 0.469 e. The van der Waals surface area contributed by atoms with E-state index in [1.54, 1.807) is 41.1 Å². The second kappa shape index (κ2) is 14.3. The molecule has 2 fully saturated rings. The van der Waals surface area contributed by atoms with E-state index in [9.17, 15) is 24.3 Å². The van der Waals surface area contributed by atoms with Crippen molar-refractivity contribution >= 4 is 54.4 Å². The molecule has 3 aromatic rings. The van der Waals surface area contributed by atoms with Crippen LogP contribution in [0.5, 0.6) is 0 Å². The van der Waals surface area contributed by atoms with Crippen LogP contribution in [0.15, 0.2) is 48.7 Å². The molecule has 0 aliphatic carbocycles. The predicted molar refractivity (Wildman–Crippen MR) is 190 cm³/mol. The Morgan fingerprint density at radius 1 is 1.18 bits per heavy atom. The number of esters is 1. The van der Waals surface area contributed by atoms with E-state index in [1.807, 2.05) is 37.4 Å². The molecule has 3 N–H and O–H groups in total. The molecule has 1 aromatic heterocycles. The number of fused-ring (bicyclic) bond motifs is 3. The normalized spacial score (nSPS) is 24.7. The number of aliphatic hydroxyl groups excluding tert-OH is 1. The van der Waals surface area contributed by atoms with Crippen molar-refractivity contribution in [1.82, 2.24) is 9.88 Å². The molecule has 3 aliphatic rings.